The van der Waals surface area contributed by atoms with Gasteiger partial charge in [0.2, 0.25) is 0 Å². The Morgan fingerprint density at radius 1 is 1.31 bits per heavy atom. The number of hydrogen-bond donors (Lipinski definition) is 1. The molecule has 0 spiro atoms. The molecule has 6 atom stereocenters. The average molecular weight is 462 g/mol. The number of hydrogen-bond acceptors (Lipinski definition) is 3. The van der Waals surface area contributed by atoms with Crippen molar-refractivity contribution in [3.8, 4) is 0 Å². The van der Waals surface area contributed by atoms with Gasteiger partial charge in [0.05, 0.1) is 10.9 Å². The second-order valence-corrected chi connectivity index (χ2v) is 14.1. The van der Waals surface area contributed by atoms with Crippen LogP contribution in [0.2, 0.25) is 0 Å². The third-order valence-corrected chi connectivity index (χ3v) is 11.1. The maximum absolute atomic E-state index is 13.6. The van der Waals surface area contributed by atoms with Crippen LogP contribution >= 0.6 is 0 Å². The lowest BCUT2D eigenvalue weighted by Gasteiger charge is -2.42. The summed E-state index contributed by atoms with van der Waals surface area (Å²) in [5.74, 6) is 2.47. The SMILES string of the molecule is CCC(C)CC1N=C(C)C(C2CCN(S(=N)(=O)C3=CCC(C)(C(C)(C)C)C=C3)CC2)C1C. The molecule has 2 aliphatic heterocycles. The monoisotopic (exact) mass is 461 g/mol. The lowest BCUT2D eigenvalue weighted by molar-refractivity contribution is 0.170. The van der Waals surface area contributed by atoms with Crippen LogP contribution < -0.4 is 0 Å². The lowest BCUT2D eigenvalue weighted by atomic mass is 9.65. The van der Waals surface area contributed by atoms with Crippen LogP contribution in [0.1, 0.15) is 87.5 Å². The number of allylic oxidation sites excluding steroid dienone is 3. The van der Waals surface area contributed by atoms with Crippen LogP contribution in [-0.4, -0.2) is 33.4 Å². The Balaban J connectivity index is 1.62. The second-order valence-electron chi connectivity index (χ2n) is 12.1. The Bertz CT molecular complexity index is 871. The number of aliphatic imine (C=N–C) groups is 1. The molecular weight excluding hydrogens is 414 g/mol. The van der Waals surface area contributed by atoms with Gasteiger partial charge in [-0.2, -0.15) is 0 Å². The molecule has 182 valence electrons. The van der Waals surface area contributed by atoms with Gasteiger partial charge in [0.25, 0.3) is 0 Å². The van der Waals surface area contributed by atoms with Crippen LogP contribution in [0.25, 0.3) is 0 Å². The van der Waals surface area contributed by atoms with Gasteiger partial charge in [-0.1, -0.05) is 67.0 Å². The summed E-state index contributed by atoms with van der Waals surface area (Å²) >= 11 is 0. The van der Waals surface area contributed by atoms with Crippen molar-refractivity contribution < 1.29 is 4.21 Å². The van der Waals surface area contributed by atoms with E-state index in [1.807, 2.05) is 10.4 Å². The fraction of sp³-hybridized carbons (Fsp3) is 0.815. The third kappa shape index (κ3) is 4.94. The topological polar surface area (TPSA) is 56.5 Å². The first-order chi connectivity index (χ1) is 14.8. The molecule has 3 aliphatic rings. The Kier molecular flexibility index (Phi) is 7.52. The van der Waals surface area contributed by atoms with Gasteiger partial charge in [0.1, 0.15) is 9.92 Å². The highest BCUT2D eigenvalue weighted by Crippen LogP contribution is 2.46. The summed E-state index contributed by atoms with van der Waals surface area (Å²) < 4.78 is 24.3. The first-order valence-electron chi connectivity index (χ1n) is 12.8. The zero-order chi connectivity index (χ0) is 23.9. The van der Waals surface area contributed by atoms with Gasteiger partial charge in [0.15, 0.2) is 0 Å². The average Bonchev–Trinajstić information content (AvgIpc) is 3.00. The summed E-state index contributed by atoms with van der Waals surface area (Å²) in [6, 6.07) is 0.461. The molecule has 32 heavy (non-hydrogen) atoms. The molecule has 0 aromatic carbocycles. The fourth-order valence-corrected chi connectivity index (χ4v) is 7.40. The predicted octanol–water partition coefficient (Wildman–Crippen LogP) is 7.09. The van der Waals surface area contributed by atoms with Gasteiger partial charge in [-0.15, -0.1) is 0 Å². The van der Waals surface area contributed by atoms with Crippen LogP contribution in [0.3, 0.4) is 0 Å². The van der Waals surface area contributed by atoms with Crippen LogP contribution in [-0.2, 0) is 9.92 Å². The molecule has 0 aromatic rings. The van der Waals surface area contributed by atoms with E-state index >= 15 is 0 Å². The molecule has 3 rings (SSSR count). The molecule has 4 nitrogen and oxygen atoms in total. The Morgan fingerprint density at radius 2 is 1.94 bits per heavy atom. The van der Waals surface area contributed by atoms with Crippen molar-refractivity contribution >= 4 is 15.6 Å². The van der Waals surface area contributed by atoms with E-state index in [-0.39, 0.29) is 10.8 Å². The summed E-state index contributed by atoms with van der Waals surface area (Å²) in [6.45, 7) is 19.7. The molecule has 0 bridgehead atoms. The summed E-state index contributed by atoms with van der Waals surface area (Å²) in [5, 5.41) is 0. The molecule has 1 N–H and O–H groups in total. The van der Waals surface area contributed by atoms with Crippen molar-refractivity contribution in [3.63, 3.8) is 0 Å². The predicted molar refractivity (Wildman–Crippen MR) is 138 cm³/mol. The van der Waals surface area contributed by atoms with Crippen LogP contribution in [0.5, 0.6) is 0 Å². The van der Waals surface area contributed by atoms with Crippen molar-refractivity contribution in [2.75, 3.05) is 13.1 Å². The van der Waals surface area contributed by atoms with E-state index in [2.05, 4.69) is 67.5 Å². The zero-order valence-corrected chi connectivity index (χ0v) is 22.6. The molecule has 1 fully saturated rings. The van der Waals surface area contributed by atoms with Gasteiger partial charge in [-0.3, -0.25) is 4.99 Å². The van der Waals surface area contributed by atoms with Crippen molar-refractivity contribution in [2.24, 2.45) is 39.5 Å². The van der Waals surface area contributed by atoms with E-state index in [1.165, 1.54) is 18.6 Å². The quantitative estimate of drug-likeness (QED) is 0.451. The number of rotatable bonds is 6. The van der Waals surface area contributed by atoms with Gasteiger partial charge < -0.3 is 0 Å². The smallest absolute Gasteiger partial charge is 0.136 e. The molecule has 2 heterocycles. The molecule has 0 aromatic heterocycles. The molecule has 0 amide bonds. The van der Waals surface area contributed by atoms with Gasteiger partial charge >= 0.3 is 0 Å². The standard InChI is InChI=1S/C27H47N3OS/c1-9-19(2)18-24-20(3)25(21(4)29-24)22-12-16-30(17-13-22)32(28,31)23-10-14-27(8,15-11-23)26(5,6)7/h10-11,14,19-20,22,24-25,28H,9,12-13,15-18H2,1-8H3. The summed E-state index contributed by atoms with van der Waals surface area (Å²) in [7, 11) is -2.91. The first-order valence-corrected chi connectivity index (χ1v) is 14.3. The second kappa shape index (κ2) is 9.37. The van der Waals surface area contributed by atoms with E-state index in [0.717, 1.165) is 38.3 Å². The molecular formula is C27H47N3OS. The Morgan fingerprint density at radius 3 is 2.44 bits per heavy atom. The number of nitrogens with zero attached hydrogens (tertiary/aromatic N) is 2. The minimum absolute atomic E-state index is 0.0420. The van der Waals surface area contributed by atoms with Gasteiger partial charge in [-0.05, 0) is 67.3 Å². The fourth-order valence-electron chi connectivity index (χ4n) is 5.82. The maximum Gasteiger partial charge on any atom is 0.136 e. The van der Waals surface area contributed by atoms with Crippen molar-refractivity contribution in [1.82, 2.24) is 4.31 Å². The highest BCUT2D eigenvalue weighted by atomic mass is 32.2. The van der Waals surface area contributed by atoms with E-state index in [0.29, 0.717) is 28.7 Å². The lowest BCUT2D eigenvalue weighted by Crippen LogP contribution is -2.42. The van der Waals surface area contributed by atoms with E-state index in [4.69, 9.17) is 9.77 Å². The minimum atomic E-state index is -2.91. The minimum Gasteiger partial charge on any atom is -0.290 e. The highest BCUT2D eigenvalue weighted by Gasteiger charge is 2.42. The number of nitrogens with one attached hydrogen (secondary N) is 1. The van der Waals surface area contributed by atoms with Crippen molar-refractivity contribution in [1.29, 1.82) is 4.78 Å². The Labute approximate surface area is 198 Å². The van der Waals surface area contributed by atoms with Crippen LogP contribution in [0, 0.1) is 39.3 Å². The van der Waals surface area contributed by atoms with Crippen molar-refractivity contribution in [2.45, 2.75) is 93.5 Å². The van der Waals surface area contributed by atoms with Crippen LogP contribution in [0.4, 0.5) is 0 Å². The third-order valence-electron chi connectivity index (χ3n) is 9.11. The largest absolute Gasteiger partial charge is 0.290 e. The Hall–Kier alpha value is -0.940. The molecule has 1 aliphatic carbocycles. The van der Waals surface area contributed by atoms with E-state index < -0.39 is 9.92 Å². The molecule has 1 saturated heterocycles. The summed E-state index contributed by atoms with van der Waals surface area (Å²) in [6.07, 6.45) is 11.5. The van der Waals surface area contributed by atoms with Gasteiger partial charge in [0, 0.05) is 24.7 Å². The first kappa shape index (κ1) is 25.7. The maximum atomic E-state index is 13.6. The van der Waals surface area contributed by atoms with E-state index in [9.17, 15) is 4.21 Å². The van der Waals surface area contributed by atoms with Crippen LogP contribution in [0.15, 0.2) is 28.1 Å². The molecule has 0 saturated carbocycles. The van der Waals surface area contributed by atoms with Gasteiger partial charge in [-0.25, -0.2) is 13.3 Å². The number of piperidine rings is 1. The molecule has 0 radical (unpaired) electrons. The van der Waals surface area contributed by atoms with Crippen molar-refractivity contribution in [3.05, 3.63) is 23.1 Å². The van der Waals surface area contributed by atoms with E-state index in [1.54, 1.807) is 0 Å². The normalized spacial score (nSPS) is 35.3. The molecule has 5 heteroatoms. The molecule has 6 unspecified atom stereocenters. The zero-order valence-electron chi connectivity index (χ0n) is 21.8. The summed E-state index contributed by atoms with van der Waals surface area (Å²) in [5.41, 5.74) is 1.51. The summed E-state index contributed by atoms with van der Waals surface area (Å²) in [4.78, 5) is 5.79. The highest BCUT2D eigenvalue weighted by molar-refractivity contribution is 7.94.